The molecule has 1 fully saturated rings. The summed E-state index contributed by atoms with van der Waals surface area (Å²) in [6.45, 7) is 7.30. The third kappa shape index (κ3) is 7.73. The minimum absolute atomic E-state index is 0.0852. The Morgan fingerprint density at radius 3 is 2.34 bits per heavy atom. The molecule has 0 heterocycles. The van der Waals surface area contributed by atoms with Gasteiger partial charge in [-0.25, -0.2) is 4.79 Å². The van der Waals surface area contributed by atoms with Gasteiger partial charge in [0.15, 0.2) is 0 Å². The maximum Gasteiger partial charge on any atom is 0.408 e. The molecule has 0 aromatic heterocycles. The van der Waals surface area contributed by atoms with Crippen LogP contribution in [0.25, 0.3) is 10.8 Å². The number of benzene rings is 3. The largest absolute Gasteiger partial charge is 0.508 e. The molecule has 1 saturated carbocycles. The number of phenols is 1. The van der Waals surface area contributed by atoms with Gasteiger partial charge in [-0.15, -0.1) is 0 Å². The van der Waals surface area contributed by atoms with Crippen molar-refractivity contribution in [3.63, 3.8) is 0 Å². The van der Waals surface area contributed by atoms with E-state index in [1.54, 1.807) is 55.6 Å². The Labute approximate surface area is 245 Å². The molecule has 3 aromatic rings. The normalized spacial score (nSPS) is 17.8. The Kier molecular flexibility index (Phi) is 9.48. The van der Waals surface area contributed by atoms with Gasteiger partial charge in [0.1, 0.15) is 23.4 Å². The van der Waals surface area contributed by atoms with Gasteiger partial charge in [0.2, 0.25) is 5.91 Å². The highest BCUT2D eigenvalue weighted by atomic mass is 32.2. The molecule has 218 valence electrons. The molecule has 41 heavy (non-hydrogen) atoms. The van der Waals surface area contributed by atoms with E-state index in [9.17, 15) is 19.5 Å². The zero-order chi connectivity index (χ0) is 29.7. The minimum Gasteiger partial charge on any atom is -0.508 e. The predicted molar refractivity (Wildman–Crippen MR) is 164 cm³/mol. The summed E-state index contributed by atoms with van der Waals surface area (Å²) in [4.78, 5) is 42.7. The Morgan fingerprint density at radius 2 is 1.71 bits per heavy atom. The first-order valence-corrected chi connectivity index (χ1v) is 15.3. The maximum atomic E-state index is 14.3. The van der Waals surface area contributed by atoms with Crippen LogP contribution in [0.4, 0.5) is 10.5 Å². The lowest BCUT2D eigenvalue weighted by molar-refractivity contribution is -0.141. The van der Waals surface area contributed by atoms with Crippen molar-refractivity contribution in [3.8, 4) is 5.75 Å². The van der Waals surface area contributed by atoms with Gasteiger partial charge in [-0.05, 0) is 80.5 Å². The smallest absolute Gasteiger partial charge is 0.408 e. The standard InChI is InChI=1S/C32H39N3O5S/c1-20-18-26(20)35(30(38)25(16-17-41-5)34-31(39)40-32(2,3)4)28(24-12-8-9-13-27(24)36)29(37)33-23-15-14-21-10-6-7-11-22(21)19-23/h6-15,19-20,25-26,28,36H,16-18H2,1-5H3,(H,33,37)(H,34,39). The van der Waals surface area contributed by atoms with Crippen LogP contribution >= 0.6 is 11.8 Å². The summed E-state index contributed by atoms with van der Waals surface area (Å²) in [5.74, 6) is -0.150. The molecule has 3 amide bonds. The molecule has 0 saturated heterocycles. The highest BCUT2D eigenvalue weighted by Gasteiger charge is 2.48. The van der Waals surface area contributed by atoms with Crippen LogP contribution in [0, 0.1) is 5.92 Å². The summed E-state index contributed by atoms with van der Waals surface area (Å²) in [7, 11) is 0. The van der Waals surface area contributed by atoms with Crippen LogP contribution in [0.5, 0.6) is 5.75 Å². The summed E-state index contributed by atoms with van der Waals surface area (Å²) in [5, 5.41) is 18.6. The lowest BCUT2D eigenvalue weighted by atomic mass is 10.0. The SMILES string of the molecule is CSCCC(NC(=O)OC(C)(C)C)C(=O)N(C(C(=O)Nc1ccc2ccccc2c1)c1ccccc1O)C1CC1C. The van der Waals surface area contributed by atoms with Crippen LogP contribution in [0.15, 0.2) is 66.7 Å². The average molecular weight is 578 g/mol. The molecule has 0 spiro atoms. The molecule has 8 nitrogen and oxygen atoms in total. The van der Waals surface area contributed by atoms with Crippen molar-refractivity contribution in [1.82, 2.24) is 10.2 Å². The fourth-order valence-corrected chi connectivity index (χ4v) is 5.38. The number of alkyl carbamates (subject to hydrolysis) is 1. The highest BCUT2D eigenvalue weighted by molar-refractivity contribution is 7.98. The van der Waals surface area contributed by atoms with Crippen LogP contribution in [-0.2, 0) is 14.3 Å². The number of anilines is 1. The van der Waals surface area contributed by atoms with E-state index in [2.05, 4.69) is 10.6 Å². The van der Waals surface area contributed by atoms with Gasteiger partial charge < -0.3 is 25.4 Å². The second kappa shape index (κ2) is 12.9. The van der Waals surface area contributed by atoms with Gasteiger partial charge in [-0.2, -0.15) is 11.8 Å². The number of rotatable bonds is 10. The third-order valence-electron chi connectivity index (χ3n) is 7.05. The summed E-state index contributed by atoms with van der Waals surface area (Å²) < 4.78 is 5.45. The molecular formula is C32H39N3O5S. The van der Waals surface area contributed by atoms with Crippen molar-refractivity contribution in [2.45, 2.75) is 64.3 Å². The zero-order valence-corrected chi connectivity index (χ0v) is 25.0. The molecule has 1 aliphatic rings. The van der Waals surface area contributed by atoms with E-state index in [0.29, 0.717) is 29.8 Å². The molecule has 0 radical (unpaired) electrons. The van der Waals surface area contributed by atoms with Gasteiger partial charge in [0.05, 0.1) is 0 Å². The fraction of sp³-hybridized carbons (Fsp3) is 0.406. The van der Waals surface area contributed by atoms with Gasteiger partial charge in [-0.1, -0.05) is 55.5 Å². The molecule has 0 bridgehead atoms. The topological polar surface area (TPSA) is 108 Å². The van der Waals surface area contributed by atoms with Gasteiger partial charge in [0, 0.05) is 17.3 Å². The van der Waals surface area contributed by atoms with Crippen LogP contribution in [0.2, 0.25) is 0 Å². The van der Waals surface area contributed by atoms with E-state index in [-0.39, 0.29) is 23.6 Å². The number of hydrogen-bond acceptors (Lipinski definition) is 6. The second-order valence-electron chi connectivity index (χ2n) is 11.5. The Bertz CT molecular complexity index is 1410. The van der Waals surface area contributed by atoms with Crippen LogP contribution in [0.1, 0.15) is 52.1 Å². The summed E-state index contributed by atoms with van der Waals surface area (Å²) in [6.07, 6.45) is 2.30. The van der Waals surface area contributed by atoms with Gasteiger partial charge in [0.25, 0.3) is 5.91 Å². The maximum absolute atomic E-state index is 14.3. The van der Waals surface area contributed by atoms with E-state index in [1.165, 1.54) is 6.07 Å². The lowest BCUT2D eigenvalue weighted by Crippen LogP contribution is -2.53. The molecule has 1 aliphatic carbocycles. The highest BCUT2D eigenvalue weighted by Crippen LogP contribution is 2.42. The number of carbonyl (C=O) groups excluding carboxylic acids is 3. The molecule has 9 heteroatoms. The summed E-state index contributed by atoms with van der Waals surface area (Å²) in [6, 6.07) is 17.8. The minimum atomic E-state index is -1.12. The van der Waals surface area contributed by atoms with E-state index in [4.69, 9.17) is 4.74 Å². The number of amides is 3. The van der Waals surface area contributed by atoms with E-state index >= 15 is 0 Å². The van der Waals surface area contributed by atoms with Crippen molar-refractivity contribution in [2.75, 3.05) is 17.3 Å². The number of fused-ring (bicyclic) bond motifs is 1. The van der Waals surface area contributed by atoms with E-state index in [1.807, 2.05) is 55.6 Å². The Hall–Kier alpha value is -3.72. The quantitative estimate of drug-likeness (QED) is 0.268. The predicted octanol–water partition coefficient (Wildman–Crippen LogP) is 6.11. The van der Waals surface area contributed by atoms with Crippen molar-refractivity contribution in [2.24, 2.45) is 5.92 Å². The van der Waals surface area contributed by atoms with Gasteiger partial charge in [-0.3, -0.25) is 9.59 Å². The van der Waals surface area contributed by atoms with Crippen molar-refractivity contribution >= 4 is 46.1 Å². The van der Waals surface area contributed by atoms with E-state index < -0.39 is 29.7 Å². The van der Waals surface area contributed by atoms with Crippen molar-refractivity contribution < 1.29 is 24.2 Å². The number of para-hydroxylation sites is 1. The number of phenolic OH excluding ortho intramolecular Hbond substituents is 1. The number of ether oxygens (including phenoxy) is 1. The number of carbonyl (C=O) groups is 3. The number of hydrogen-bond donors (Lipinski definition) is 3. The Balaban J connectivity index is 1.71. The molecular weight excluding hydrogens is 538 g/mol. The average Bonchev–Trinajstić information content (AvgIpc) is 3.64. The molecule has 3 N–H and O–H groups in total. The first-order chi connectivity index (χ1) is 19.5. The number of nitrogens with one attached hydrogen (secondary N) is 2. The number of aromatic hydroxyl groups is 1. The first-order valence-electron chi connectivity index (χ1n) is 13.9. The third-order valence-corrected chi connectivity index (χ3v) is 7.70. The van der Waals surface area contributed by atoms with Crippen molar-refractivity contribution in [1.29, 1.82) is 0 Å². The summed E-state index contributed by atoms with van der Waals surface area (Å²) >= 11 is 1.56. The van der Waals surface area contributed by atoms with Crippen LogP contribution < -0.4 is 10.6 Å². The lowest BCUT2D eigenvalue weighted by Gasteiger charge is -2.35. The van der Waals surface area contributed by atoms with E-state index in [0.717, 1.165) is 10.8 Å². The van der Waals surface area contributed by atoms with Crippen LogP contribution in [-0.4, -0.2) is 57.6 Å². The molecule has 4 atom stereocenters. The first kappa shape index (κ1) is 30.2. The molecule has 0 aliphatic heterocycles. The van der Waals surface area contributed by atoms with Gasteiger partial charge >= 0.3 is 6.09 Å². The van der Waals surface area contributed by atoms with Crippen molar-refractivity contribution in [3.05, 3.63) is 72.3 Å². The number of nitrogens with zero attached hydrogens (tertiary/aromatic N) is 1. The molecule has 3 aromatic carbocycles. The molecule has 4 rings (SSSR count). The zero-order valence-electron chi connectivity index (χ0n) is 24.2. The number of thioether (sulfide) groups is 1. The fourth-order valence-electron chi connectivity index (χ4n) is 4.91. The molecule has 4 unspecified atom stereocenters. The van der Waals surface area contributed by atoms with Crippen LogP contribution in [0.3, 0.4) is 0 Å². The second-order valence-corrected chi connectivity index (χ2v) is 12.5. The Morgan fingerprint density at radius 1 is 1.05 bits per heavy atom. The summed E-state index contributed by atoms with van der Waals surface area (Å²) in [5.41, 5.74) is 0.162. The monoisotopic (exact) mass is 577 g/mol.